The maximum absolute atomic E-state index is 13.2. The molecule has 0 spiro atoms. The molecule has 4 nitrogen and oxygen atoms in total. The number of piperazine rings is 1. The van der Waals surface area contributed by atoms with Gasteiger partial charge < -0.3 is 4.90 Å². The van der Waals surface area contributed by atoms with Crippen LogP contribution in [0.15, 0.2) is 91.0 Å². The standard InChI is InChI=1S/C27H26N2O2/c30-26(23-13-5-2-6-14-23)24-15-7-8-16-25(24)27(31)29-20-18-28(19-21-29)17-9-12-22-10-3-1-4-11-22/h1-16H,17-21H2/b12-9+. The fourth-order valence-electron chi connectivity index (χ4n) is 3.82. The smallest absolute Gasteiger partial charge is 0.254 e. The lowest BCUT2D eigenvalue weighted by Crippen LogP contribution is -2.48. The molecule has 31 heavy (non-hydrogen) atoms. The normalized spacial score (nSPS) is 14.6. The zero-order valence-electron chi connectivity index (χ0n) is 17.5. The zero-order valence-corrected chi connectivity index (χ0v) is 17.5. The summed E-state index contributed by atoms with van der Waals surface area (Å²) >= 11 is 0. The summed E-state index contributed by atoms with van der Waals surface area (Å²) in [6, 6.07) is 26.5. The van der Waals surface area contributed by atoms with E-state index in [4.69, 9.17) is 0 Å². The van der Waals surface area contributed by atoms with E-state index < -0.39 is 0 Å². The predicted octanol–water partition coefficient (Wildman–Crippen LogP) is 4.39. The topological polar surface area (TPSA) is 40.6 Å². The van der Waals surface area contributed by atoms with Gasteiger partial charge in [0.1, 0.15) is 0 Å². The number of carbonyl (C=O) groups is 2. The summed E-state index contributed by atoms with van der Waals surface area (Å²) in [7, 11) is 0. The van der Waals surface area contributed by atoms with Crippen LogP contribution >= 0.6 is 0 Å². The summed E-state index contributed by atoms with van der Waals surface area (Å²) in [5.41, 5.74) is 2.73. The summed E-state index contributed by atoms with van der Waals surface area (Å²) in [6.07, 6.45) is 4.30. The van der Waals surface area contributed by atoms with Crippen LogP contribution in [0, 0.1) is 0 Å². The van der Waals surface area contributed by atoms with E-state index in [0.29, 0.717) is 29.8 Å². The van der Waals surface area contributed by atoms with E-state index in [1.54, 1.807) is 24.3 Å². The Morgan fingerprint density at radius 1 is 0.710 bits per heavy atom. The Morgan fingerprint density at radius 2 is 1.29 bits per heavy atom. The molecule has 0 aromatic heterocycles. The van der Waals surface area contributed by atoms with Crippen LogP contribution in [0.1, 0.15) is 31.8 Å². The van der Waals surface area contributed by atoms with Crippen molar-refractivity contribution in [1.82, 2.24) is 9.80 Å². The van der Waals surface area contributed by atoms with E-state index in [1.165, 1.54) is 5.56 Å². The highest BCUT2D eigenvalue weighted by molar-refractivity contribution is 6.15. The Bertz CT molecular complexity index is 1050. The van der Waals surface area contributed by atoms with E-state index >= 15 is 0 Å². The van der Waals surface area contributed by atoms with Crippen LogP contribution in [0.25, 0.3) is 6.08 Å². The Kier molecular flexibility index (Phi) is 6.70. The molecule has 1 heterocycles. The fourth-order valence-corrected chi connectivity index (χ4v) is 3.82. The Balaban J connectivity index is 1.38. The first kappa shape index (κ1) is 20.8. The largest absolute Gasteiger partial charge is 0.336 e. The van der Waals surface area contributed by atoms with Gasteiger partial charge in [0.25, 0.3) is 5.91 Å². The van der Waals surface area contributed by atoms with Crippen molar-refractivity contribution in [2.24, 2.45) is 0 Å². The van der Waals surface area contributed by atoms with Crippen molar-refractivity contribution in [3.8, 4) is 0 Å². The third-order valence-electron chi connectivity index (χ3n) is 5.57. The molecule has 0 N–H and O–H groups in total. The molecule has 1 aliphatic rings. The van der Waals surface area contributed by atoms with Crippen molar-refractivity contribution >= 4 is 17.8 Å². The lowest BCUT2D eigenvalue weighted by atomic mass is 9.97. The number of carbonyl (C=O) groups excluding carboxylic acids is 2. The first-order chi connectivity index (χ1) is 15.2. The monoisotopic (exact) mass is 410 g/mol. The highest BCUT2D eigenvalue weighted by Crippen LogP contribution is 2.18. The van der Waals surface area contributed by atoms with Crippen LogP contribution in [0.4, 0.5) is 0 Å². The molecule has 0 aliphatic carbocycles. The third kappa shape index (κ3) is 5.16. The SMILES string of the molecule is O=C(c1ccccc1)c1ccccc1C(=O)N1CCN(C/C=C/c2ccccc2)CC1. The second-order valence-corrected chi connectivity index (χ2v) is 7.65. The van der Waals surface area contributed by atoms with Gasteiger partial charge in [-0.1, -0.05) is 91.0 Å². The maximum atomic E-state index is 13.2. The molecule has 0 saturated carbocycles. The number of nitrogens with zero attached hydrogens (tertiary/aromatic N) is 2. The number of hydrogen-bond donors (Lipinski definition) is 0. The van der Waals surface area contributed by atoms with Gasteiger partial charge in [0.2, 0.25) is 0 Å². The minimum Gasteiger partial charge on any atom is -0.336 e. The lowest BCUT2D eigenvalue weighted by Gasteiger charge is -2.34. The summed E-state index contributed by atoms with van der Waals surface area (Å²) in [6.45, 7) is 3.82. The first-order valence-corrected chi connectivity index (χ1v) is 10.6. The van der Waals surface area contributed by atoms with Crippen molar-refractivity contribution in [3.05, 3.63) is 113 Å². The molecule has 0 atom stereocenters. The highest BCUT2D eigenvalue weighted by atomic mass is 16.2. The molecule has 1 fully saturated rings. The van der Waals surface area contributed by atoms with Crippen LogP contribution in [-0.4, -0.2) is 54.2 Å². The van der Waals surface area contributed by atoms with E-state index in [1.807, 2.05) is 53.4 Å². The van der Waals surface area contributed by atoms with Gasteiger partial charge in [-0.2, -0.15) is 0 Å². The Morgan fingerprint density at radius 3 is 1.97 bits per heavy atom. The lowest BCUT2D eigenvalue weighted by molar-refractivity contribution is 0.0647. The zero-order chi connectivity index (χ0) is 21.5. The van der Waals surface area contributed by atoms with E-state index in [-0.39, 0.29) is 11.7 Å². The number of amides is 1. The molecule has 3 aromatic rings. The van der Waals surface area contributed by atoms with Gasteiger partial charge >= 0.3 is 0 Å². The molecule has 1 saturated heterocycles. The quantitative estimate of drug-likeness (QED) is 0.566. The first-order valence-electron chi connectivity index (χ1n) is 10.6. The molecule has 0 unspecified atom stereocenters. The van der Waals surface area contributed by atoms with Gasteiger partial charge in [-0.3, -0.25) is 14.5 Å². The van der Waals surface area contributed by atoms with Crippen molar-refractivity contribution < 1.29 is 9.59 Å². The molecular weight excluding hydrogens is 384 g/mol. The van der Waals surface area contributed by atoms with E-state index in [0.717, 1.165) is 19.6 Å². The van der Waals surface area contributed by atoms with Crippen molar-refractivity contribution in [3.63, 3.8) is 0 Å². The van der Waals surface area contributed by atoms with E-state index in [9.17, 15) is 9.59 Å². The van der Waals surface area contributed by atoms with Crippen LogP contribution in [0.2, 0.25) is 0 Å². The summed E-state index contributed by atoms with van der Waals surface area (Å²) in [5.74, 6) is -0.186. The molecule has 1 amide bonds. The highest BCUT2D eigenvalue weighted by Gasteiger charge is 2.25. The Labute approximate surface area is 183 Å². The van der Waals surface area contributed by atoms with Gasteiger partial charge in [0.15, 0.2) is 5.78 Å². The van der Waals surface area contributed by atoms with Crippen molar-refractivity contribution in [2.75, 3.05) is 32.7 Å². The van der Waals surface area contributed by atoms with E-state index in [2.05, 4.69) is 29.2 Å². The number of rotatable bonds is 6. The molecule has 1 aliphatic heterocycles. The van der Waals surface area contributed by atoms with Crippen LogP contribution in [0.3, 0.4) is 0 Å². The van der Waals surface area contributed by atoms with Gasteiger partial charge in [0.05, 0.1) is 5.56 Å². The Hall–Kier alpha value is -3.50. The van der Waals surface area contributed by atoms with Crippen molar-refractivity contribution in [1.29, 1.82) is 0 Å². The number of ketones is 1. The fraction of sp³-hybridized carbons (Fsp3) is 0.185. The number of benzene rings is 3. The average molecular weight is 411 g/mol. The molecule has 4 rings (SSSR count). The van der Waals surface area contributed by atoms with Gasteiger partial charge in [-0.05, 0) is 11.6 Å². The van der Waals surface area contributed by atoms with Gasteiger partial charge in [-0.15, -0.1) is 0 Å². The van der Waals surface area contributed by atoms with Crippen LogP contribution in [-0.2, 0) is 0 Å². The third-order valence-corrected chi connectivity index (χ3v) is 5.57. The molecule has 0 radical (unpaired) electrons. The minimum atomic E-state index is -0.116. The summed E-state index contributed by atoms with van der Waals surface area (Å²) in [4.78, 5) is 30.4. The van der Waals surface area contributed by atoms with Crippen LogP contribution in [0.5, 0.6) is 0 Å². The predicted molar refractivity (Wildman–Crippen MR) is 124 cm³/mol. The molecule has 4 heteroatoms. The summed E-state index contributed by atoms with van der Waals surface area (Å²) in [5, 5.41) is 0. The maximum Gasteiger partial charge on any atom is 0.254 e. The summed E-state index contributed by atoms with van der Waals surface area (Å²) < 4.78 is 0. The van der Waals surface area contributed by atoms with Gasteiger partial charge in [0, 0.05) is 43.9 Å². The minimum absolute atomic E-state index is 0.0700. The van der Waals surface area contributed by atoms with Crippen LogP contribution < -0.4 is 0 Å². The second kappa shape index (κ2) is 10.0. The molecule has 3 aromatic carbocycles. The second-order valence-electron chi connectivity index (χ2n) is 7.65. The molecule has 156 valence electrons. The average Bonchev–Trinajstić information content (AvgIpc) is 2.85. The number of hydrogen-bond acceptors (Lipinski definition) is 3. The molecular formula is C27H26N2O2. The van der Waals surface area contributed by atoms with Gasteiger partial charge in [-0.25, -0.2) is 0 Å². The molecule has 0 bridgehead atoms. The van der Waals surface area contributed by atoms with Crippen molar-refractivity contribution in [2.45, 2.75) is 0 Å².